The Hall–Kier alpha value is -1.28. The van der Waals surface area contributed by atoms with E-state index in [0.717, 1.165) is 6.54 Å². The molecule has 0 amide bonds. The van der Waals surface area contributed by atoms with Crippen molar-refractivity contribution in [1.82, 2.24) is 4.57 Å². The molecule has 0 radical (unpaired) electrons. The molecule has 0 spiro atoms. The molecule has 0 saturated heterocycles. The summed E-state index contributed by atoms with van der Waals surface area (Å²) in [6, 6.07) is 15.4. The van der Waals surface area contributed by atoms with Crippen LogP contribution < -0.4 is 0 Å². The van der Waals surface area contributed by atoms with Crippen LogP contribution in [0.1, 0.15) is 96.8 Å². The summed E-state index contributed by atoms with van der Waals surface area (Å²) < 4.78 is 3.73. The average molecular weight is 471 g/mol. The Bertz CT molecular complexity index is 879. The first-order valence-corrected chi connectivity index (χ1v) is 13.3. The van der Waals surface area contributed by atoms with Gasteiger partial charge in [-0.25, -0.2) is 0 Å². The van der Waals surface area contributed by atoms with E-state index in [2.05, 4.69) is 69.9 Å². The molecule has 0 aliphatic carbocycles. The highest BCUT2D eigenvalue weighted by molar-refractivity contribution is 9.10. The third-order valence-electron chi connectivity index (χ3n) is 6.48. The molecule has 0 N–H and O–H groups in total. The number of para-hydroxylation sites is 2. The maximum Gasteiger partial charge on any atom is 0.0635 e. The molecule has 0 saturated carbocycles. The molecule has 0 unspecified atom stereocenters. The van der Waals surface area contributed by atoms with Gasteiger partial charge in [0.15, 0.2) is 0 Å². The third kappa shape index (κ3) is 6.61. The zero-order valence-electron chi connectivity index (χ0n) is 19.0. The largest absolute Gasteiger partial charge is 0.340 e. The lowest BCUT2D eigenvalue weighted by Gasteiger charge is -2.09. The van der Waals surface area contributed by atoms with E-state index in [4.69, 9.17) is 0 Å². The standard InChI is InChI=1S/C28H40BrN/c1-2-3-4-5-6-7-8-9-10-11-12-13-14-17-23-30-27-22-16-15-19-24(27)25-20-18-21-26(29)28(25)30/h15-16,18-22H,2-14,17,23H2,1H3. The van der Waals surface area contributed by atoms with Crippen molar-refractivity contribution in [3.8, 4) is 0 Å². The van der Waals surface area contributed by atoms with Crippen molar-refractivity contribution < 1.29 is 0 Å². The monoisotopic (exact) mass is 469 g/mol. The van der Waals surface area contributed by atoms with Gasteiger partial charge in [0.05, 0.1) is 5.52 Å². The zero-order valence-corrected chi connectivity index (χ0v) is 20.6. The normalized spacial score (nSPS) is 11.7. The molecule has 1 aromatic heterocycles. The van der Waals surface area contributed by atoms with E-state index in [1.165, 1.54) is 116 Å². The summed E-state index contributed by atoms with van der Waals surface area (Å²) in [6.45, 7) is 3.41. The van der Waals surface area contributed by atoms with Gasteiger partial charge in [0.25, 0.3) is 0 Å². The highest BCUT2D eigenvalue weighted by Crippen LogP contribution is 2.33. The molecular formula is C28H40BrN. The second-order valence-electron chi connectivity index (χ2n) is 8.90. The van der Waals surface area contributed by atoms with Gasteiger partial charge in [0.2, 0.25) is 0 Å². The molecule has 3 aromatic rings. The van der Waals surface area contributed by atoms with Crippen LogP contribution in [0, 0.1) is 0 Å². The lowest BCUT2D eigenvalue weighted by Crippen LogP contribution is -1.98. The third-order valence-corrected chi connectivity index (χ3v) is 7.12. The smallest absolute Gasteiger partial charge is 0.0635 e. The fourth-order valence-electron chi connectivity index (χ4n) is 4.76. The molecule has 2 heteroatoms. The second kappa shape index (κ2) is 13.2. The summed E-state index contributed by atoms with van der Waals surface area (Å²) >= 11 is 3.79. The first-order chi connectivity index (χ1) is 14.8. The maximum absolute atomic E-state index is 3.79. The molecule has 0 atom stereocenters. The van der Waals surface area contributed by atoms with Gasteiger partial charge in [0.1, 0.15) is 0 Å². The van der Waals surface area contributed by atoms with Crippen molar-refractivity contribution in [2.45, 2.75) is 103 Å². The van der Waals surface area contributed by atoms with Gasteiger partial charge in [-0.2, -0.15) is 0 Å². The summed E-state index contributed by atoms with van der Waals surface area (Å²) in [7, 11) is 0. The summed E-state index contributed by atoms with van der Waals surface area (Å²) in [5.74, 6) is 0. The first-order valence-electron chi connectivity index (χ1n) is 12.5. The van der Waals surface area contributed by atoms with Crippen molar-refractivity contribution >= 4 is 37.7 Å². The highest BCUT2D eigenvalue weighted by atomic mass is 79.9. The molecular weight excluding hydrogens is 430 g/mol. The Morgan fingerprint density at radius 3 is 1.77 bits per heavy atom. The number of hydrogen-bond acceptors (Lipinski definition) is 0. The molecule has 0 aliphatic heterocycles. The van der Waals surface area contributed by atoms with Crippen LogP contribution in [0.15, 0.2) is 46.9 Å². The van der Waals surface area contributed by atoms with Crippen LogP contribution in [0.4, 0.5) is 0 Å². The molecule has 0 bridgehead atoms. The van der Waals surface area contributed by atoms with Gasteiger partial charge in [-0.05, 0) is 34.5 Å². The number of unbranched alkanes of at least 4 members (excludes halogenated alkanes) is 13. The molecule has 2 aromatic carbocycles. The van der Waals surface area contributed by atoms with Crippen molar-refractivity contribution in [3.05, 3.63) is 46.9 Å². The van der Waals surface area contributed by atoms with E-state index >= 15 is 0 Å². The van der Waals surface area contributed by atoms with Crippen LogP contribution in [0.2, 0.25) is 0 Å². The van der Waals surface area contributed by atoms with Crippen LogP contribution in [-0.2, 0) is 6.54 Å². The van der Waals surface area contributed by atoms with Crippen molar-refractivity contribution in [1.29, 1.82) is 0 Å². The van der Waals surface area contributed by atoms with Gasteiger partial charge in [0, 0.05) is 27.3 Å². The lowest BCUT2D eigenvalue weighted by atomic mass is 10.0. The van der Waals surface area contributed by atoms with Gasteiger partial charge < -0.3 is 4.57 Å². The minimum atomic E-state index is 1.12. The van der Waals surface area contributed by atoms with Crippen molar-refractivity contribution in [3.63, 3.8) is 0 Å². The lowest BCUT2D eigenvalue weighted by molar-refractivity contribution is 0.528. The number of aryl methyl sites for hydroxylation is 1. The first kappa shape index (κ1) is 23.4. The summed E-state index contributed by atoms with van der Waals surface area (Å²) in [6.07, 6.45) is 19.8. The maximum atomic E-state index is 3.79. The van der Waals surface area contributed by atoms with Crippen LogP contribution in [0.5, 0.6) is 0 Å². The van der Waals surface area contributed by atoms with Gasteiger partial charge in [-0.3, -0.25) is 0 Å². The quantitative estimate of drug-likeness (QED) is 0.195. The number of nitrogens with zero attached hydrogens (tertiary/aromatic N) is 1. The molecule has 3 rings (SSSR count). The van der Waals surface area contributed by atoms with Crippen molar-refractivity contribution in [2.75, 3.05) is 0 Å². The predicted molar refractivity (Wildman–Crippen MR) is 137 cm³/mol. The van der Waals surface area contributed by atoms with Gasteiger partial charge >= 0.3 is 0 Å². The summed E-state index contributed by atoms with van der Waals surface area (Å²) in [5, 5.41) is 2.74. The van der Waals surface area contributed by atoms with Crippen LogP contribution in [0.3, 0.4) is 0 Å². The Morgan fingerprint density at radius 1 is 0.600 bits per heavy atom. The van der Waals surface area contributed by atoms with Gasteiger partial charge in [-0.1, -0.05) is 121 Å². The topological polar surface area (TPSA) is 4.93 Å². The Balaban J connectivity index is 1.32. The van der Waals surface area contributed by atoms with E-state index in [1.807, 2.05) is 0 Å². The van der Waals surface area contributed by atoms with E-state index < -0.39 is 0 Å². The number of rotatable bonds is 15. The number of benzene rings is 2. The number of fused-ring (bicyclic) bond motifs is 3. The van der Waals surface area contributed by atoms with Gasteiger partial charge in [-0.15, -0.1) is 0 Å². The molecule has 0 aliphatic rings. The molecule has 30 heavy (non-hydrogen) atoms. The van der Waals surface area contributed by atoms with Crippen molar-refractivity contribution in [2.24, 2.45) is 0 Å². The average Bonchev–Trinajstić information content (AvgIpc) is 3.09. The van der Waals surface area contributed by atoms with E-state index in [9.17, 15) is 0 Å². The van der Waals surface area contributed by atoms with E-state index in [1.54, 1.807) is 0 Å². The second-order valence-corrected chi connectivity index (χ2v) is 9.76. The predicted octanol–water partition coefficient (Wildman–Crippen LogP) is 10.0. The minimum absolute atomic E-state index is 1.12. The molecule has 164 valence electrons. The number of aromatic nitrogens is 1. The number of hydrogen-bond donors (Lipinski definition) is 0. The SMILES string of the molecule is CCCCCCCCCCCCCCCCn1c2ccccc2c2cccc(Br)c21. The highest BCUT2D eigenvalue weighted by Gasteiger charge is 2.11. The minimum Gasteiger partial charge on any atom is -0.340 e. The van der Waals surface area contributed by atoms with E-state index in [0.29, 0.717) is 0 Å². The Kier molecular flexibility index (Phi) is 10.3. The zero-order chi connectivity index (χ0) is 21.0. The summed E-state index contributed by atoms with van der Waals surface area (Å²) in [4.78, 5) is 0. The number of halogens is 1. The van der Waals surface area contributed by atoms with Crippen LogP contribution in [-0.4, -0.2) is 4.57 Å². The Morgan fingerprint density at radius 2 is 1.13 bits per heavy atom. The molecule has 1 heterocycles. The summed E-state index contributed by atoms with van der Waals surface area (Å²) in [5.41, 5.74) is 2.72. The molecule has 1 nitrogen and oxygen atoms in total. The fourth-order valence-corrected chi connectivity index (χ4v) is 5.34. The fraction of sp³-hybridized carbons (Fsp3) is 0.571. The van der Waals surface area contributed by atoms with E-state index in [-0.39, 0.29) is 0 Å². The van der Waals surface area contributed by atoms with Crippen LogP contribution in [0.25, 0.3) is 21.8 Å². The molecule has 0 fully saturated rings. The van der Waals surface area contributed by atoms with Crippen LogP contribution >= 0.6 is 15.9 Å². The Labute approximate surface area is 192 Å².